The first-order valence-electron chi connectivity index (χ1n) is 5.94. The molecule has 1 aromatic rings. The van der Waals surface area contributed by atoms with E-state index in [1.165, 1.54) is 6.07 Å². The Hall–Kier alpha value is -1.60. The SMILES string of the molecule is CCNS(=O)(=O)c1ccccc1NCC(C)C(=O)O. The molecule has 1 rings (SSSR count). The second-order valence-corrected chi connectivity index (χ2v) is 5.85. The van der Waals surface area contributed by atoms with Crippen molar-refractivity contribution in [3.8, 4) is 0 Å². The predicted molar refractivity (Wildman–Crippen MR) is 72.6 cm³/mol. The van der Waals surface area contributed by atoms with Gasteiger partial charge in [0.2, 0.25) is 10.0 Å². The molecule has 0 saturated carbocycles. The number of rotatable bonds is 7. The van der Waals surface area contributed by atoms with Crippen LogP contribution in [0.15, 0.2) is 29.2 Å². The van der Waals surface area contributed by atoms with Crippen LogP contribution in [-0.4, -0.2) is 32.6 Å². The van der Waals surface area contributed by atoms with Crippen molar-refractivity contribution in [2.45, 2.75) is 18.7 Å². The summed E-state index contributed by atoms with van der Waals surface area (Å²) in [4.78, 5) is 10.9. The van der Waals surface area contributed by atoms with E-state index in [9.17, 15) is 13.2 Å². The summed E-state index contributed by atoms with van der Waals surface area (Å²) in [6.07, 6.45) is 0. The quantitative estimate of drug-likeness (QED) is 0.698. The summed E-state index contributed by atoms with van der Waals surface area (Å²) >= 11 is 0. The highest BCUT2D eigenvalue weighted by Gasteiger charge is 2.18. The lowest BCUT2D eigenvalue weighted by atomic mass is 10.2. The highest BCUT2D eigenvalue weighted by atomic mass is 32.2. The van der Waals surface area contributed by atoms with Crippen LogP contribution in [0.5, 0.6) is 0 Å². The summed E-state index contributed by atoms with van der Waals surface area (Å²) in [7, 11) is -3.57. The number of benzene rings is 1. The molecular formula is C12H18N2O4S. The fraction of sp³-hybridized carbons (Fsp3) is 0.417. The van der Waals surface area contributed by atoms with E-state index in [1.54, 1.807) is 32.0 Å². The molecule has 1 unspecified atom stereocenters. The van der Waals surface area contributed by atoms with Gasteiger partial charge in [0.25, 0.3) is 0 Å². The normalized spacial score (nSPS) is 12.9. The largest absolute Gasteiger partial charge is 0.481 e. The van der Waals surface area contributed by atoms with Crippen LogP contribution in [-0.2, 0) is 14.8 Å². The Morgan fingerprint density at radius 3 is 2.58 bits per heavy atom. The van der Waals surface area contributed by atoms with Crippen molar-refractivity contribution in [3.05, 3.63) is 24.3 Å². The second kappa shape index (κ2) is 6.53. The van der Waals surface area contributed by atoms with E-state index >= 15 is 0 Å². The Balaban J connectivity index is 2.94. The third kappa shape index (κ3) is 4.22. The van der Waals surface area contributed by atoms with E-state index in [4.69, 9.17) is 5.11 Å². The second-order valence-electron chi connectivity index (χ2n) is 4.12. The minimum Gasteiger partial charge on any atom is -0.481 e. The van der Waals surface area contributed by atoms with E-state index < -0.39 is 21.9 Å². The van der Waals surface area contributed by atoms with E-state index in [-0.39, 0.29) is 11.4 Å². The summed E-state index contributed by atoms with van der Waals surface area (Å²) in [5.41, 5.74) is 0.400. The van der Waals surface area contributed by atoms with Crippen molar-refractivity contribution in [2.75, 3.05) is 18.4 Å². The molecular weight excluding hydrogens is 268 g/mol. The lowest BCUT2D eigenvalue weighted by molar-refractivity contribution is -0.140. The van der Waals surface area contributed by atoms with Gasteiger partial charge in [-0.3, -0.25) is 4.79 Å². The van der Waals surface area contributed by atoms with Crippen molar-refractivity contribution in [3.63, 3.8) is 0 Å². The zero-order valence-corrected chi connectivity index (χ0v) is 11.7. The Bertz CT molecular complexity index is 542. The maximum absolute atomic E-state index is 12.0. The number of hydrogen-bond acceptors (Lipinski definition) is 4. The van der Waals surface area contributed by atoms with Gasteiger partial charge < -0.3 is 10.4 Å². The molecule has 19 heavy (non-hydrogen) atoms. The van der Waals surface area contributed by atoms with Crippen LogP contribution >= 0.6 is 0 Å². The van der Waals surface area contributed by atoms with Gasteiger partial charge in [-0.05, 0) is 12.1 Å². The molecule has 1 aromatic carbocycles. The topological polar surface area (TPSA) is 95.5 Å². The van der Waals surface area contributed by atoms with Crippen molar-refractivity contribution in [1.29, 1.82) is 0 Å². The Morgan fingerprint density at radius 1 is 1.37 bits per heavy atom. The molecule has 0 heterocycles. The summed E-state index contributed by atoms with van der Waals surface area (Å²) in [5, 5.41) is 11.7. The lowest BCUT2D eigenvalue weighted by Crippen LogP contribution is -2.25. The van der Waals surface area contributed by atoms with Gasteiger partial charge in [0.15, 0.2) is 0 Å². The predicted octanol–water partition coefficient (Wildman–Crippen LogP) is 1.12. The van der Waals surface area contributed by atoms with Gasteiger partial charge in [0.05, 0.1) is 11.6 Å². The highest BCUT2D eigenvalue weighted by Crippen LogP contribution is 2.20. The van der Waals surface area contributed by atoms with Crippen LogP contribution in [0.3, 0.4) is 0 Å². The first-order chi connectivity index (χ1) is 8.88. The number of carboxylic acids is 1. The molecule has 7 heteroatoms. The van der Waals surface area contributed by atoms with Gasteiger partial charge in [0.1, 0.15) is 4.90 Å². The van der Waals surface area contributed by atoms with Crippen molar-refractivity contribution in [2.24, 2.45) is 5.92 Å². The molecule has 0 spiro atoms. The van der Waals surface area contributed by atoms with Gasteiger partial charge in [-0.25, -0.2) is 13.1 Å². The van der Waals surface area contributed by atoms with Gasteiger partial charge in [-0.1, -0.05) is 26.0 Å². The average molecular weight is 286 g/mol. The maximum Gasteiger partial charge on any atom is 0.308 e. The lowest BCUT2D eigenvalue weighted by Gasteiger charge is -2.14. The van der Waals surface area contributed by atoms with Crippen LogP contribution in [0.25, 0.3) is 0 Å². The van der Waals surface area contributed by atoms with E-state index in [2.05, 4.69) is 10.0 Å². The fourth-order valence-corrected chi connectivity index (χ4v) is 2.69. The van der Waals surface area contributed by atoms with Gasteiger partial charge >= 0.3 is 5.97 Å². The number of carbonyl (C=O) groups is 1. The van der Waals surface area contributed by atoms with Crippen molar-refractivity contribution < 1.29 is 18.3 Å². The van der Waals surface area contributed by atoms with Gasteiger partial charge in [-0.15, -0.1) is 0 Å². The molecule has 0 radical (unpaired) electrons. The molecule has 6 nitrogen and oxygen atoms in total. The average Bonchev–Trinajstić information content (AvgIpc) is 2.36. The van der Waals surface area contributed by atoms with Crippen LogP contribution in [0.1, 0.15) is 13.8 Å². The monoisotopic (exact) mass is 286 g/mol. The van der Waals surface area contributed by atoms with Crippen LogP contribution in [0.4, 0.5) is 5.69 Å². The maximum atomic E-state index is 12.0. The first kappa shape index (κ1) is 15.5. The summed E-state index contributed by atoms with van der Waals surface area (Å²) < 4.78 is 26.3. The molecule has 0 aromatic heterocycles. The van der Waals surface area contributed by atoms with Crippen LogP contribution in [0.2, 0.25) is 0 Å². The number of nitrogens with one attached hydrogen (secondary N) is 2. The molecule has 0 aliphatic rings. The molecule has 106 valence electrons. The standard InChI is InChI=1S/C12H18N2O4S/c1-3-14-19(17,18)11-7-5-4-6-10(11)13-8-9(2)12(15)16/h4-7,9,13-14H,3,8H2,1-2H3,(H,15,16). The minimum atomic E-state index is -3.57. The van der Waals surface area contributed by atoms with E-state index in [0.717, 1.165) is 0 Å². The molecule has 0 aliphatic carbocycles. The summed E-state index contributed by atoms with van der Waals surface area (Å²) in [5.74, 6) is -1.53. The van der Waals surface area contributed by atoms with Crippen molar-refractivity contribution in [1.82, 2.24) is 4.72 Å². The number of carboxylic acid groups (broad SMARTS) is 1. The third-order valence-electron chi connectivity index (χ3n) is 2.53. The summed E-state index contributed by atoms with van der Waals surface area (Å²) in [6.45, 7) is 3.70. The molecule has 0 aliphatic heterocycles. The molecule has 0 fully saturated rings. The summed E-state index contributed by atoms with van der Waals surface area (Å²) in [6, 6.07) is 6.40. The zero-order valence-electron chi connectivity index (χ0n) is 10.9. The molecule has 0 saturated heterocycles. The fourth-order valence-electron chi connectivity index (χ4n) is 1.47. The van der Waals surface area contributed by atoms with E-state index in [0.29, 0.717) is 12.2 Å². The number of aliphatic carboxylic acids is 1. The molecule has 1 atom stereocenters. The smallest absolute Gasteiger partial charge is 0.308 e. The van der Waals surface area contributed by atoms with E-state index in [1.807, 2.05) is 0 Å². The Kier molecular flexibility index (Phi) is 5.31. The van der Waals surface area contributed by atoms with Gasteiger partial charge in [-0.2, -0.15) is 0 Å². The Morgan fingerprint density at radius 2 is 2.00 bits per heavy atom. The van der Waals surface area contributed by atoms with Crippen molar-refractivity contribution >= 4 is 21.7 Å². The third-order valence-corrected chi connectivity index (χ3v) is 4.13. The van der Waals surface area contributed by atoms with Crippen LogP contribution < -0.4 is 10.0 Å². The Labute approximate surface area is 112 Å². The number of anilines is 1. The highest BCUT2D eigenvalue weighted by molar-refractivity contribution is 7.89. The zero-order chi connectivity index (χ0) is 14.5. The van der Waals surface area contributed by atoms with Gasteiger partial charge in [0, 0.05) is 13.1 Å². The number of hydrogen-bond donors (Lipinski definition) is 3. The number of sulfonamides is 1. The molecule has 0 bridgehead atoms. The molecule has 0 amide bonds. The first-order valence-corrected chi connectivity index (χ1v) is 7.42. The van der Waals surface area contributed by atoms with Crippen LogP contribution in [0, 0.1) is 5.92 Å². The minimum absolute atomic E-state index is 0.120. The molecule has 3 N–H and O–H groups in total. The number of para-hydroxylation sites is 1.